The number of primary amides is 1. The molecule has 2 fully saturated rings. The number of likely N-dealkylation sites (tertiary alicyclic amines) is 2. The molecule has 0 radical (unpaired) electrons. The van der Waals surface area contributed by atoms with Crippen LogP contribution in [0.5, 0.6) is 0 Å². The number of carbonyl (C=O) groups is 3. The maximum absolute atomic E-state index is 12.7. The number of nitrogens with two attached hydrogens (primary N) is 1. The summed E-state index contributed by atoms with van der Waals surface area (Å²) in [5, 5.41) is 0. The van der Waals surface area contributed by atoms with Crippen LogP contribution in [0.15, 0.2) is 30.3 Å². The first-order valence-corrected chi connectivity index (χ1v) is 8.44. The third kappa shape index (κ3) is 3.58. The first kappa shape index (κ1) is 16.5. The van der Waals surface area contributed by atoms with Crippen molar-refractivity contribution in [3.8, 4) is 0 Å². The SMILES string of the molecule is NC(=O)C1CCN(C(=O)[C@@H]2CC(=O)N(Cc3ccccc3)C2)CC1. The van der Waals surface area contributed by atoms with Crippen LogP contribution >= 0.6 is 0 Å². The number of piperidine rings is 1. The monoisotopic (exact) mass is 329 g/mol. The van der Waals surface area contributed by atoms with Crippen LogP contribution in [0, 0.1) is 11.8 Å². The molecule has 3 rings (SSSR count). The molecule has 6 nitrogen and oxygen atoms in total. The largest absolute Gasteiger partial charge is 0.369 e. The van der Waals surface area contributed by atoms with E-state index < -0.39 is 0 Å². The van der Waals surface area contributed by atoms with Gasteiger partial charge in [0.15, 0.2) is 0 Å². The third-order valence-corrected chi connectivity index (χ3v) is 4.99. The van der Waals surface area contributed by atoms with Crippen LogP contribution in [0.4, 0.5) is 0 Å². The number of nitrogens with zero attached hydrogens (tertiary/aromatic N) is 2. The summed E-state index contributed by atoms with van der Waals surface area (Å²) in [7, 11) is 0. The van der Waals surface area contributed by atoms with Crippen molar-refractivity contribution in [1.82, 2.24) is 9.80 Å². The van der Waals surface area contributed by atoms with Gasteiger partial charge in [0, 0.05) is 38.5 Å². The molecule has 2 saturated heterocycles. The molecule has 128 valence electrons. The van der Waals surface area contributed by atoms with Crippen molar-refractivity contribution in [3.05, 3.63) is 35.9 Å². The van der Waals surface area contributed by atoms with Crippen molar-refractivity contribution < 1.29 is 14.4 Å². The molecule has 1 aromatic carbocycles. The lowest BCUT2D eigenvalue weighted by molar-refractivity contribution is -0.138. The highest BCUT2D eigenvalue weighted by atomic mass is 16.2. The van der Waals surface area contributed by atoms with Gasteiger partial charge < -0.3 is 15.5 Å². The van der Waals surface area contributed by atoms with Crippen LogP contribution in [0.2, 0.25) is 0 Å². The number of hydrogen-bond acceptors (Lipinski definition) is 3. The van der Waals surface area contributed by atoms with E-state index in [1.54, 1.807) is 9.80 Å². The second kappa shape index (κ2) is 7.03. The molecule has 2 N–H and O–H groups in total. The number of benzene rings is 1. The third-order valence-electron chi connectivity index (χ3n) is 4.99. The van der Waals surface area contributed by atoms with Gasteiger partial charge in [-0.15, -0.1) is 0 Å². The summed E-state index contributed by atoms with van der Waals surface area (Å²) in [5.41, 5.74) is 6.40. The van der Waals surface area contributed by atoms with Crippen molar-refractivity contribution in [2.75, 3.05) is 19.6 Å². The summed E-state index contributed by atoms with van der Waals surface area (Å²) in [6.45, 7) is 2.13. The average Bonchev–Trinajstić information content (AvgIpc) is 2.96. The number of carbonyl (C=O) groups excluding carboxylic acids is 3. The Balaban J connectivity index is 1.55. The fraction of sp³-hybridized carbons (Fsp3) is 0.500. The maximum Gasteiger partial charge on any atom is 0.227 e. The first-order valence-electron chi connectivity index (χ1n) is 8.44. The molecular formula is C18H23N3O3. The number of rotatable bonds is 4. The van der Waals surface area contributed by atoms with Gasteiger partial charge in [-0.25, -0.2) is 0 Å². The van der Waals surface area contributed by atoms with E-state index >= 15 is 0 Å². The molecule has 0 bridgehead atoms. The van der Waals surface area contributed by atoms with E-state index in [4.69, 9.17) is 5.73 Å². The first-order chi connectivity index (χ1) is 11.5. The van der Waals surface area contributed by atoms with E-state index in [1.165, 1.54) is 0 Å². The molecule has 24 heavy (non-hydrogen) atoms. The molecular weight excluding hydrogens is 306 g/mol. The highest BCUT2D eigenvalue weighted by Crippen LogP contribution is 2.25. The van der Waals surface area contributed by atoms with E-state index in [9.17, 15) is 14.4 Å². The molecule has 0 aromatic heterocycles. The van der Waals surface area contributed by atoms with Crippen molar-refractivity contribution in [1.29, 1.82) is 0 Å². The molecule has 0 aliphatic carbocycles. The van der Waals surface area contributed by atoms with Gasteiger partial charge in [-0.3, -0.25) is 14.4 Å². The lowest BCUT2D eigenvalue weighted by Crippen LogP contribution is -2.44. The highest BCUT2D eigenvalue weighted by Gasteiger charge is 2.37. The molecule has 2 heterocycles. The van der Waals surface area contributed by atoms with E-state index in [0.717, 1.165) is 5.56 Å². The molecule has 6 heteroatoms. The summed E-state index contributed by atoms with van der Waals surface area (Å²) in [4.78, 5) is 39.6. The van der Waals surface area contributed by atoms with Crippen molar-refractivity contribution >= 4 is 17.7 Å². The Morgan fingerprint density at radius 2 is 1.75 bits per heavy atom. The second-order valence-corrected chi connectivity index (χ2v) is 6.66. The standard InChI is InChI=1S/C18H23N3O3/c19-17(23)14-6-8-20(9-7-14)18(24)15-10-16(22)21(12-15)11-13-4-2-1-3-5-13/h1-5,14-15H,6-12H2,(H2,19,23)/t15-/m1/s1. The predicted molar refractivity (Wildman–Crippen MR) is 88.5 cm³/mol. The predicted octanol–water partition coefficient (Wildman–Crippen LogP) is 0.759. The Hall–Kier alpha value is -2.37. The highest BCUT2D eigenvalue weighted by molar-refractivity contribution is 5.89. The van der Waals surface area contributed by atoms with Crippen LogP contribution in [-0.4, -0.2) is 47.2 Å². The average molecular weight is 329 g/mol. The van der Waals surface area contributed by atoms with Gasteiger partial charge in [0.2, 0.25) is 17.7 Å². The Morgan fingerprint density at radius 1 is 1.08 bits per heavy atom. The molecule has 2 aliphatic rings. The van der Waals surface area contributed by atoms with E-state index in [1.807, 2.05) is 30.3 Å². The Labute approximate surface area is 141 Å². The van der Waals surface area contributed by atoms with Crippen LogP contribution < -0.4 is 5.73 Å². The summed E-state index contributed by atoms with van der Waals surface area (Å²) < 4.78 is 0. The minimum atomic E-state index is -0.285. The van der Waals surface area contributed by atoms with Gasteiger partial charge in [-0.1, -0.05) is 30.3 Å². The van der Waals surface area contributed by atoms with Crippen LogP contribution in [0.3, 0.4) is 0 Å². The quantitative estimate of drug-likeness (QED) is 0.885. The van der Waals surface area contributed by atoms with E-state index in [0.29, 0.717) is 39.0 Å². The van der Waals surface area contributed by atoms with Crippen LogP contribution in [0.1, 0.15) is 24.8 Å². The minimum absolute atomic E-state index is 0.0295. The Kier molecular flexibility index (Phi) is 4.83. The normalized spacial score (nSPS) is 22.0. The number of amides is 3. The van der Waals surface area contributed by atoms with Crippen LogP contribution in [-0.2, 0) is 20.9 Å². The summed E-state index contributed by atoms with van der Waals surface area (Å²) in [6.07, 6.45) is 1.52. The zero-order valence-electron chi connectivity index (χ0n) is 13.7. The van der Waals surface area contributed by atoms with Gasteiger partial charge in [0.25, 0.3) is 0 Å². The fourth-order valence-corrected chi connectivity index (χ4v) is 3.54. The molecule has 2 aliphatic heterocycles. The summed E-state index contributed by atoms with van der Waals surface area (Å²) in [5.74, 6) is -0.626. The molecule has 1 aromatic rings. The van der Waals surface area contributed by atoms with E-state index in [-0.39, 0.29) is 36.0 Å². The van der Waals surface area contributed by atoms with Gasteiger partial charge in [0.05, 0.1) is 5.92 Å². The van der Waals surface area contributed by atoms with Crippen molar-refractivity contribution in [3.63, 3.8) is 0 Å². The lowest BCUT2D eigenvalue weighted by atomic mass is 9.95. The molecule has 0 unspecified atom stereocenters. The van der Waals surface area contributed by atoms with Crippen LogP contribution in [0.25, 0.3) is 0 Å². The molecule has 3 amide bonds. The van der Waals surface area contributed by atoms with E-state index in [2.05, 4.69) is 0 Å². The number of hydrogen-bond donors (Lipinski definition) is 1. The minimum Gasteiger partial charge on any atom is -0.369 e. The van der Waals surface area contributed by atoms with Gasteiger partial charge in [0.1, 0.15) is 0 Å². The Morgan fingerprint density at radius 3 is 2.38 bits per heavy atom. The maximum atomic E-state index is 12.7. The van der Waals surface area contributed by atoms with Gasteiger partial charge >= 0.3 is 0 Å². The smallest absolute Gasteiger partial charge is 0.227 e. The molecule has 1 atom stereocenters. The van der Waals surface area contributed by atoms with Gasteiger partial charge in [-0.05, 0) is 18.4 Å². The molecule has 0 spiro atoms. The Bertz CT molecular complexity index is 624. The summed E-state index contributed by atoms with van der Waals surface area (Å²) >= 11 is 0. The van der Waals surface area contributed by atoms with Crippen molar-refractivity contribution in [2.24, 2.45) is 17.6 Å². The topological polar surface area (TPSA) is 83.7 Å². The second-order valence-electron chi connectivity index (χ2n) is 6.66. The lowest BCUT2D eigenvalue weighted by Gasteiger charge is -2.32. The van der Waals surface area contributed by atoms with Crippen molar-refractivity contribution in [2.45, 2.75) is 25.8 Å². The summed E-state index contributed by atoms with van der Waals surface area (Å²) in [6, 6.07) is 9.80. The zero-order valence-corrected chi connectivity index (χ0v) is 13.7. The zero-order chi connectivity index (χ0) is 17.1. The van der Waals surface area contributed by atoms with Gasteiger partial charge in [-0.2, -0.15) is 0 Å². The molecule has 0 saturated carbocycles. The fourth-order valence-electron chi connectivity index (χ4n) is 3.54.